The lowest BCUT2D eigenvalue weighted by atomic mass is 10.0. The van der Waals surface area contributed by atoms with Crippen LogP contribution in [0.5, 0.6) is 0 Å². The predicted octanol–water partition coefficient (Wildman–Crippen LogP) is 4.24. The topological polar surface area (TPSA) is 34.0 Å². The fourth-order valence-electron chi connectivity index (χ4n) is 2.86. The maximum atomic E-state index is 12.5. The monoisotopic (exact) mass is 318 g/mol. The van der Waals surface area contributed by atoms with Gasteiger partial charge in [-0.1, -0.05) is 42.5 Å². The van der Waals surface area contributed by atoms with E-state index in [1.165, 1.54) is 11.4 Å². The van der Waals surface area contributed by atoms with Crippen molar-refractivity contribution in [2.75, 3.05) is 0 Å². The Morgan fingerprint density at radius 2 is 1.67 bits per heavy atom. The van der Waals surface area contributed by atoms with Crippen LogP contribution in [-0.2, 0) is 13.6 Å². The number of hydrogen-bond acceptors (Lipinski definition) is 1. The summed E-state index contributed by atoms with van der Waals surface area (Å²) >= 11 is 0. The minimum absolute atomic E-state index is 0.0475. The van der Waals surface area contributed by atoms with Gasteiger partial charge in [0.2, 0.25) is 0 Å². The molecule has 0 saturated heterocycles. The number of aromatic nitrogens is 1. The van der Waals surface area contributed by atoms with Crippen LogP contribution in [0.15, 0.2) is 60.7 Å². The standard InChI is InChI=1S/C21H22N2O/c1-15-12-20(16(2)23(15)3)14-22-21(24)19-11-7-10-18(13-19)17-8-5-4-6-9-17/h4-13H,14H2,1-3H3,(H,22,24). The van der Waals surface area contributed by atoms with E-state index in [1.807, 2.05) is 61.6 Å². The fourth-order valence-corrected chi connectivity index (χ4v) is 2.86. The highest BCUT2D eigenvalue weighted by Gasteiger charge is 2.10. The van der Waals surface area contributed by atoms with Crippen LogP contribution < -0.4 is 5.32 Å². The molecule has 3 aromatic rings. The Morgan fingerprint density at radius 3 is 2.33 bits per heavy atom. The molecule has 1 amide bonds. The highest BCUT2D eigenvalue weighted by molar-refractivity contribution is 5.95. The molecule has 0 unspecified atom stereocenters. The Hall–Kier alpha value is -2.81. The first-order chi connectivity index (χ1) is 11.6. The van der Waals surface area contributed by atoms with Crippen LogP contribution in [0.2, 0.25) is 0 Å². The molecule has 0 atom stereocenters. The van der Waals surface area contributed by atoms with Crippen molar-refractivity contribution in [2.24, 2.45) is 7.05 Å². The molecule has 122 valence electrons. The van der Waals surface area contributed by atoms with Crippen molar-refractivity contribution >= 4 is 5.91 Å². The molecule has 3 rings (SSSR count). The van der Waals surface area contributed by atoms with E-state index in [4.69, 9.17) is 0 Å². The van der Waals surface area contributed by atoms with Crippen molar-refractivity contribution in [3.63, 3.8) is 0 Å². The van der Waals surface area contributed by atoms with Gasteiger partial charge in [0.25, 0.3) is 5.91 Å². The molecule has 1 N–H and O–H groups in total. The van der Waals surface area contributed by atoms with E-state index in [1.54, 1.807) is 0 Å². The zero-order chi connectivity index (χ0) is 17.1. The molecule has 1 aromatic heterocycles. The van der Waals surface area contributed by atoms with Crippen LogP contribution in [0.4, 0.5) is 0 Å². The Bertz CT molecular complexity index is 863. The Morgan fingerprint density at radius 1 is 0.958 bits per heavy atom. The predicted molar refractivity (Wildman–Crippen MR) is 97.9 cm³/mol. The molecule has 0 spiro atoms. The molecule has 24 heavy (non-hydrogen) atoms. The van der Waals surface area contributed by atoms with Crippen molar-refractivity contribution in [3.05, 3.63) is 83.2 Å². The Balaban J connectivity index is 1.75. The molecule has 0 aliphatic heterocycles. The van der Waals surface area contributed by atoms with Gasteiger partial charge in [-0.25, -0.2) is 0 Å². The van der Waals surface area contributed by atoms with E-state index in [9.17, 15) is 4.79 Å². The van der Waals surface area contributed by atoms with E-state index in [0.717, 1.165) is 16.7 Å². The molecule has 2 aromatic carbocycles. The summed E-state index contributed by atoms with van der Waals surface area (Å²) in [5, 5.41) is 3.02. The molecule has 0 fully saturated rings. The highest BCUT2D eigenvalue weighted by Crippen LogP contribution is 2.20. The average molecular weight is 318 g/mol. The number of rotatable bonds is 4. The SMILES string of the molecule is Cc1cc(CNC(=O)c2cccc(-c3ccccc3)c2)c(C)n1C. The summed E-state index contributed by atoms with van der Waals surface area (Å²) < 4.78 is 2.14. The van der Waals surface area contributed by atoms with Crippen molar-refractivity contribution in [2.45, 2.75) is 20.4 Å². The number of carbonyl (C=O) groups excluding carboxylic acids is 1. The van der Waals surface area contributed by atoms with Crippen molar-refractivity contribution < 1.29 is 4.79 Å². The number of nitrogens with zero attached hydrogens (tertiary/aromatic N) is 1. The lowest BCUT2D eigenvalue weighted by Gasteiger charge is -2.08. The van der Waals surface area contributed by atoms with Gasteiger partial charge in [-0.05, 0) is 48.7 Å². The zero-order valence-electron chi connectivity index (χ0n) is 14.3. The number of benzene rings is 2. The molecule has 0 saturated carbocycles. The van der Waals surface area contributed by atoms with Gasteiger partial charge >= 0.3 is 0 Å². The van der Waals surface area contributed by atoms with Crippen molar-refractivity contribution in [1.29, 1.82) is 0 Å². The Kier molecular flexibility index (Phi) is 4.52. The Labute approximate surface area is 143 Å². The molecule has 0 bridgehead atoms. The smallest absolute Gasteiger partial charge is 0.251 e. The third-order valence-corrected chi connectivity index (χ3v) is 4.55. The molecule has 0 radical (unpaired) electrons. The number of carbonyl (C=O) groups is 1. The number of hydrogen-bond donors (Lipinski definition) is 1. The number of amides is 1. The largest absolute Gasteiger partial charge is 0.352 e. The number of aryl methyl sites for hydroxylation is 1. The first kappa shape index (κ1) is 16.1. The van der Waals surface area contributed by atoms with E-state index in [2.05, 4.69) is 29.8 Å². The molecule has 0 aliphatic carbocycles. The van der Waals surface area contributed by atoms with Gasteiger partial charge in [0.05, 0.1) is 0 Å². The average Bonchev–Trinajstić information content (AvgIpc) is 2.87. The first-order valence-corrected chi connectivity index (χ1v) is 8.12. The molecule has 1 heterocycles. The second-order valence-corrected chi connectivity index (χ2v) is 6.08. The minimum atomic E-state index is -0.0475. The van der Waals surface area contributed by atoms with Crippen LogP contribution in [0.25, 0.3) is 11.1 Å². The van der Waals surface area contributed by atoms with Crippen LogP contribution in [-0.4, -0.2) is 10.5 Å². The van der Waals surface area contributed by atoms with Gasteiger partial charge in [0.15, 0.2) is 0 Å². The molecular weight excluding hydrogens is 296 g/mol. The summed E-state index contributed by atoms with van der Waals surface area (Å²) in [4.78, 5) is 12.5. The summed E-state index contributed by atoms with van der Waals surface area (Å²) in [6.45, 7) is 4.69. The van der Waals surface area contributed by atoms with Crippen LogP contribution >= 0.6 is 0 Å². The van der Waals surface area contributed by atoms with Crippen molar-refractivity contribution in [1.82, 2.24) is 9.88 Å². The molecule has 0 aliphatic rings. The van der Waals surface area contributed by atoms with Crippen LogP contribution in [0.3, 0.4) is 0 Å². The highest BCUT2D eigenvalue weighted by atomic mass is 16.1. The van der Waals surface area contributed by atoms with Crippen molar-refractivity contribution in [3.8, 4) is 11.1 Å². The summed E-state index contributed by atoms with van der Waals surface area (Å²) in [7, 11) is 2.04. The normalized spacial score (nSPS) is 10.6. The lowest BCUT2D eigenvalue weighted by Crippen LogP contribution is -2.23. The van der Waals surface area contributed by atoms with Crippen LogP contribution in [0.1, 0.15) is 27.3 Å². The van der Waals surface area contributed by atoms with Gasteiger partial charge in [-0.2, -0.15) is 0 Å². The lowest BCUT2D eigenvalue weighted by molar-refractivity contribution is 0.0951. The first-order valence-electron chi connectivity index (χ1n) is 8.12. The third kappa shape index (κ3) is 3.25. The maximum Gasteiger partial charge on any atom is 0.251 e. The molecule has 3 heteroatoms. The maximum absolute atomic E-state index is 12.5. The fraction of sp³-hybridized carbons (Fsp3) is 0.190. The molecular formula is C21H22N2O. The summed E-state index contributed by atoms with van der Waals surface area (Å²) in [5.41, 5.74) is 6.38. The molecule has 3 nitrogen and oxygen atoms in total. The van der Waals surface area contributed by atoms with Gasteiger partial charge in [0.1, 0.15) is 0 Å². The van der Waals surface area contributed by atoms with Crippen LogP contribution in [0, 0.1) is 13.8 Å². The number of nitrogens with one attached hydrogen (secondary N) is 1. The zero-order valence-corrected chi connectivity index (χ0v) is 14.3. The van der Waals surface area contributed by atoms with E-state index >= 15 is 0 Å². The minimum Gasteiger partial charge on any atom is -0.352 e. The van der Waals surface area contributed by atoms with Gasteiger partial charge < -0.3 is 9.88 Å². The van der Waals surface area contributed by atoms with Gasteiger partial charge in [0, 0.05) is 30.5 Å². The second-order valence-electron chi connectivity index (χ2n) is 6.08. The third-order valence-electron chi connectivity index (χ3n) is 4.55. The van der Waals surface area contributed by atoms with E-state index in [-0.39, 0.29) is 5.91 Å². The summed E-state index contributed by atoms with van der Waals surface area (Å²) in [6.07, 6.45) is 0. The van der Waals surface area contributed by atoms with Gasteiger partial charge in [-0.3, -0.25) is 4.79 Å². The summed E-state index contributed by atoms with van der Waals surface area (Å²) in [6, 6.07) is 20.0. The summed E-state index contributed by atoms with van der Waals surface area (Å²) in [5.74, 6) is -0.0475. The van der Waals surface area contributed by atoms with Gasteiger partial charge in [-0.15, -0.1) is 0 Å². The second kappa shape index (κ2) is 6.75. The quantitative estimate of drug-likeness (QED) is 0.767. The van der Waals surface area contributed by atoms with E-state index in [0.29, 0.717) is 12.1 Å². The van der Waals surface area contributed by atoms with E-state index < -0.39 is 0 Å².